The highest BCUT2D eigenvalue weighted by molar-refractivity contribution is 6.00. The van der Waals surface area contributed by atoms with Gasteiger partial charge in [0.2, 0.25) is 5.89 Å². The molecule has 1 unspecified atom stereocenters. The van der Waals surface area contributed by atoms with Crippen molar-refractivity contribution in [1.82, 2.24) is 25.7 Å². The summed E-state index contributed by atoms with van der Waals surface area (Å²) in [5.41, 5.74) is 1.97. The third-order valence-corrected chi connectivity index (χ3v) is 6.54. The van der Waals surface area contributed by atoms with Crippen LogP contribution in [-0.4, -0.2) is 39.6 Å². The zero-order valence-electron chi connectivity index (χ0n) is 17.7. The Bertz CT molecular complexity index is 1060. The van der Waals surface area contributed by atoms with E-state index in [-0.39, 0.29) is 11.9 Å². The Morgan fingerprint density at radius 2 is 2.06 bits per heavy atom. The summed E-state index contributed by atoms with van der Waals surface area (Å²) in [5, 5.41) is 18.6. The van der Waals surface area contributed by atoms with Crippen molar-refractivity contribution >= 4 is 22.6 Å². The van der Waals surface area contributed by atoms with Crippen LogP contribution in [-0.2, 0) is 10.3 Å². The molecule has 164 valence electrons. The maximum absolute atomic E-state index is 13.1. The summed E-state index contributed by atoms with van der Waals surface area (Å²) in [4.78, 5) is 17.8. The van der Waals surface area contributed by atoms with Gasteiger partial charge >= 0.3 is 6.03 Å². The first-order valence-corrected chi connectivity index (χ1v) is 11.1. The Kier molecular flexibility index (Phi) is 5.35. The van der Waals surface area contributed by atoms with E-state index < -0.39 is 5.54 Å². The van der Waals surface area contributed by atoms with Crippen LogP contribution in [0.25, 0.3) is 10.9 Å². The molecule has 2 aromatic heterocycles. The average Bonchev–Trinajstić information content (AvgIpc) is 3.51. The van der Waals surface area contributed by atoms with Gasteiger partial charge in [-0.1, -0.05) is 36.9 Å². The molecule has 1 aliphatic heterocycles. The molecule has 2 amide bonds. The molecule has 9 heteroatoms. The van der Waals surface area contributed by atoms with Gasteiger partial charge in [-0.05, 0) is 37.8 Å². The number of carbonyl (C=O) groups is 1. The maximum atomic E-state index is 13.1. The van der Waals surface area contributed by atoms with Crippen molar-refractivity contribution < 1.29 is 14.1 Å². The van der Waals surface area contributed by atoms with Gasteiger partial charge in [0, 0.05) is 12.0 Å². The van der Waals surface area contributed by atoms with Crippen LogP contribution in [0, 0.1) is 6.92 Å². The first kappa shape index (κ1) is 20.0. The number of hydrogen-bond donors (Lipinski definition) is 3. The number of H-pyrrole nitrogens is 1. The van der Waals surface area contributed by atoms with Gasteiger partial charge in [0.05, 0.1) is 29.9 Å². The van der Waals surface area contributed by atoms with E-state index >= 15 is 0 Å². The zero-order valence-corrected chi connectivity index (χ0v) is 17.7. The fourth-order valence-corrected chi connectivity index (χ4v) is 4.71. The number of rotatable bonds is 4. The zero-order chi connectivity index (χ0) is 21.3. The summed E-state index contributed by atoms with van der Waals surface area (Å²) in [6.07, 6.45) is 8.52. The molecule has 3 aromatic rings. The van der Waals surface area contributed by atoms with Gasteiger partial charge in [0.15, 0.2) is 5.82 Å². The molecule has 1 saturated carbocycles. The number of carbonyl (C=O) groups excluding carboxylic acids is 1. The van der Waals surface area contributed by atoms with Crippen LogP contribution in [0.5, 0.6) is 0 Å². The molecule has 2 fully saturated rings. The van der Waals surface area contributed by atoms with Gasteiger partial charge in [-0.15, -0.1) is 0 Å². The fraction of sp³-hybridized carbons (Fsp3) is 0.545. The number of aryl methyl sites for hydroxylation is 1. The summed E-state index contributed by atoms with van der Waals surface area (Å²) >= 11 is 0. The number of amides is 2. The molecular weight excluding hydrogens is 396 g/mol. The Labute approximate surface area is 180 Å². The summed E-state index contributed by atoms with van der Waals surface area (Å²) in [5.74, 6) is 1.32. The van der Waals surface area contributed by atoms with E-state index in [1.165, 1.54) is 0 Å². The summed E-state index contributed by atoms with van der Waals surface area (Å²) in [6, 6.07) is 3.59. The van der Waals surface area contributed by atoms with Gasteiger partial charge < -0.3 is 19.9 Å². The lowest BCUT2D eigenvalue weighted by molar-refractivity contribution is 0.189. The monoisotopic (exact) mass is 424 g/mol. The predicted molar refractivity (Wildman–Crippen MR) is 115 cm³/mol. The summed E-state index contributed by atoms with van der Waals surface area (Å²) in [6.45, 7) is 3.34. The van der Waals surface area contributed by atoms with E-state index in [1.807, 2.05) is 19.1 Å². The number of ether oxygens (including phenoxy) is 1. The molecule has 5 rings (SSSR count). The van der Waals surface area contributed by atoms with E-state index in [0.717, 1.165) is 61.4 Å². The SMILES string of the molecule is Cc1ccc(NC(=O)NC2(c3noc(C4CCOC4)n3)CCCCCC2)c2[nH]ncc12. The van der Waals surface area contributed by atoms with Gasteiger partial charge in [0.25, 0.3) is 0 Å². The van der Waals surface area contributed by atoms with E-state index in [0.29, 0.717) is 30.6 Å². The van der Waals surface area contributed by atoms with Crippen LogP contribution in [0.3, 0.4) is 0 Å². The molecule has 2 aliphatic rings. The highest BCUT2D eigenvalue weighted by Gasteiger charge is 2.40. The molecule has 1 saturated heterocycles. The molecule has 0 radical (unpaired) electrons. The number of nitrogens with zero attached hydrogens (tertiary/aromatic N) is 3. The van der Waals surface area contributed by atoms with Crippen molar-refractivity contribution in [3.63, 3.8) is 0 Å². The minimum atomic E-state index is -0.639. The van der Waals surface area contributed by atoms with Crippen LogP contribution in [0.1, 0.15) is 68.1 Å². The lowest BCUT2D eigenvalue weighted by atomic mass is 9.89. The second kappa shape index (κ2) is 8.30. The molecule has 0 bridgehead atoms. The van der Waals surface area contributed by atoms with Crippen LogP contribution in [0.2, 0.25) is 0 Å². The van der Waals surface area contributed by atoms with Crippen molar-refractivity contribution in [3.8, 4) is 0 Å². The van der Waals surface area contributed by atoms with Gasteiger partial charge in [-0.25, -0.2) is 4.79 Å². The average molecular weight is 425 g/mol. The maximum Gasteiger partial charge on any atom is 0.320 e. The second-order valence-electron chi connectivity index (χ2n) is 8.68. The molecule has 1 aromatic carbocycles. The Hall–Kier alpha value is -2.94. The van der Waals surface area contributed by atoms with Crippen molar-refractivity contribution in [2.24, 2.45) is 0 Å². The number of anilines is 1. The second-order valence-corrected chi connectivity index (χ2v) is 8.68. The molecule has 31 heavy (non-hydrogen) atoms. The lowest BCUT2D eigenvalue weighted by Gasteiger charge is -2.30. The summed E-state index contributed by atoms with van der Waals surface area (Å²) < 4.78 is 11.1. The molecule has 3 N–H and O–H groups in total. The van der Waals surface area contributed by atoms with Crippen LogP contribution in [0.15, 0.2) is 22.9 Å². The van der Waals surface area contributed by atoms with Crippen LogP contribution >= 0.6 is 0 Å². The Morgan fingerprint density at radius 1 is 1.23 bits per heavy atom. The minimum absolute atomic E-state index is 0.138. The van der Waals surface area contributed by atoms with Crippen molar-refractivity contribution in [3.05, 3.63) is 35.6 Å². The molecular formula is C22H28N6O3. The van der Waals surface area contributed by atoms with Gasteiger partial charge in [-0.3, -0.25) is 5.10 Å². The molecule has 1 aliphatic carbocycles. The van der Waals surface area contributed by atoms with E-state index in [1.54, 1.807) is 6.20 Å². The van der Waals surface area contributed by atoms with Crippen molar-refractivity contribution in [2.75, 3.05) is 18.5 Å². The highest BCUT2D eigenvalue weighted by Crippen LogP contribution is 2.36. The van der Waals surface area contributed by atoms with Gasteiger partial charge in [0.1, 0.15) is 5.54 Å². The number of urea groups is 1. The molecule has 9 nitrogen and oxygen atoms in total. The largest absolute Gasteiger partial charge is 0.381 e. The smallest absolute Gasteiger partial charge is 0.320 e. The third-order valence-electron chi connectivity index (χ3n) is 6.54. The topological polar surface area (TPSA) is 118 Å². The summed E-state index contributed by atoms with van der Waals surface area (Å²) in [7, 11) is 0. The quantitative estimate of drug-likeness (QED) is 0.542. The molecule has 3 heterocycles. The highest BCUT2D eigenvalue weighted by atomic mass is 16.5. The third kappa shape index (κ3) is 3.89. The Morgan fingerprint density at radius 3 is 2.84 bits per heavy atom. The normalized spacial score (nSPS) is 21.1. The lowest BCUT2D eigenvalue weighted by Crippen LogP contribution is -2.48. The number of benzene rings is 1. The fourth-order valence-electron chi connectivity index (χ4n) is 4.71. The minimum Gasteiger partial charge on any atom is -0.381 e. The number of hydrogen-bond acceptors (Lipinski definition) is 6. The van der Waals surface area contributed by atoms with E-state index in [4.69, 9.17) is 14.2 Å². The number of aromatic amines is 1. The van der Waals surface area contributed by atoms with E-state index in [2.05, 4.69) is 26.0 Å². The standard InChI is InChI=1S/C22H28N6O3/c1-14-6-7-17(18-16(14)12-23-27-18)24-21(29)26-22(9-4-2-3-5-10-22)20-25-19(31-28-20)15-8-11-30-13-15/h6-7,12,15H,2-5,8-11,13H2,1H3,(H,23,27)(H2,24,26,29). The number of nitrogens with one attached hydrogen (secondary N) is 3. The van der Waals surface area contributed by atoms with Gasteiger partial charge in [-0.2, -0.15) is 10.1 Å². The molecule has 1 atom stereocenters. The number of fused-ring (bicyclic) bond motifs is 1. The first-order valence-electron chi connectivity index (χ1n) is 11.1. The first-order chi connectivity index (χ1) is 15.1. The van der Waals surface area contributed by atoms with Crippen molar-refractivity contribution in [1.29, 1.82) is 0 Å². The molecule has 0 spiro atoms. The van der Waals surface area contributed by atoms with Crippen LogP contribution in [0.4, 0.5) is 10.5 Å². The van der Waals surface area contributed by atoms with E-state index in [9.17, 15) is 4.79 Å². The van der Waals surface area contributed by atoms with Crippen molar-refractivity contribution in [2.45, 2.75) is 63.3 Å². The predicted octanol–water partition coefficient (Wildman–Crippen LogP) is 4.13. The Balaban J connectivity index is 1.40. The van der Waals surface area contributed by atoms with Crippen LogP contribution < -0.4 is 10.6 Å². The number of aromatic nitrogens is 4.